The van der Waals surface area contributed by atoms with Crippen LogP contribution >= 0.6 is 0 Å². The Morgan fingerprint density at radius 2 is 2.17 bits per heavy atom. The van der Waals surface area contributed by atoms with Crippen molar-refractivity contribution >= 4 is 11.7 Å². The summed E-state index contributed by atoms with van der Waals surface area (Å²) >= 11 is 0. The van der Waals surface area contributed by atoms with E-state index in [0.29, 0.717) is 25.8 Å². The Balaban J connectivity index is 3.27. The molecule has 1 amide bonds. The molecule has 0 rings (SSSR count). The van der Waals surface area contributed by atoms with Crippen LogP contribution in [0.15, 0.2) is 12.7 Å². The summed E-state index contributed by atoms with van der Waals surface area (Å²) in [6.07, 6.45) is 3.07. The Morgan fingerprint density at radius 1 is 1.50 bits per heavy atom. The quantitative estimate of drug-likeness (QED) is 0.477. The maximum absolute atomic E-state index is 10.8. The number of amides is 1. The zero-order valence-electron chi connectivity index (χ0n) is 7.43. The van der Waals surface area contributed by atoms with Gasteiger partial charge >= 0.3 is 0 Å². The van der Waals surface area contributed by atoms with Crippen LogP contribution in [-0.4, -0.2) is 18.2 Å². The maximum atomic E-state index is 10.8. The monoisotopic (exact) mass is 169 g/mol. The molecule has 0 saturated heterocycles. The van der Waals surface area contributed by atoms with Crippen molar-refractivity contribution in [3.8, 4) is 0 Å². The van der Waals surface area contributed by atoms with Crippen LogP contribution in [0.5, 0.6) is 0 Å². The fraction of sp³-hybridized carbons (Fsp3) is 0.556. The van der Waals surface area contributed by atoms with Gasteiger partial charge in [0.15, 0.2) is 0 Å². The van der Waals surface area contributed by atoms with Gasteiger partial charge in [-0.25, -0.2) is 0 Å². The molecule has 0 aliphatic carbocycles. The number of rotatable bonds is 6. The van der Waals surface area contributed by atoms with Crippen molar-refractivity contribution in [2.75, 3.05) is 6.54 Å². The van der Waals surface area contributed by atoms with E-state index in [1.807, 2.05) is 6.92 Å². The molecule has 0 aliphatic heterocycles. The summed E-state index contributed by atoms with van der Waals surface area (Å²) in [5.41, 5.74) is 0. The summed E-state index contributed by atoms with van der Waals surface area (Å²) < 4.78 is 0. The van der Waals surface area contributed by atoms with Crippen LogP contribution < -0.4 is 5.32 Å². The Kier molecular flexibility index (Phi) is 5.97. The van der Waals surface area contributed by atoms with Crippen molar-refractivity contribution in [1.29, 1.82) is 0 Å². The first-order valence-electron chi connectivity index (χ1n) is 4.12. The summed E-state index contributed by atoms with van der Waals surface area (Å²) in [6.45, 7) is 5.70. The van der Waals surface area contributed by atoms with E-state index < -0.39 is 0 Å². The smallest absolute Gasteiger partial charge is 0.243 e. The molecule has 0 aromatic carbocycles. The van der Waals surface area contributed by atoms with Crippen LogP contribution in [0.25, 0.3) is 0 Å². The molecular formula is C9H15NO2. The molecule has 68 valence electrons. The van der Waals surface area contributed by atoms with E-state index in [0.717, 1.165) is 0 Å². The van der Waals surface area contributed by atoms with Gasteiger partial charge in [-0.3, -0.25) is 9.59 Å². The first-order chi connectivity index (χ1) is 5.70. The largest absolute Gasteiger partial charge is 0.353 e. The molecule has 0 bridgehead atoms. The first kappa shape index (κ1) is 10.9. The fourth-order valence-electron chi connectivity index (χ4n) is 0.746. The highest BCUT2D eigenvalue weighted by atomic mass is 16.1. The average Bonchev–Trinajstić information content (AvgIpc) is 2.11. The van der Waals surface area contributed by atoms with Gasteiger partial charge in [-0.1, -0.05) is 13.5 Å². The van der Waals surface area contributed by atoms with Gasteiger partial charge in [-0.05, 0) is 12.5 Å². The summed E-state index contributed by atoms with van der Waals surface area (Å²) in [4.78, 5) is 21.4. The lowest BCUT2D eigenvalue weighted by molar-refractivity contribution is -0.119. The average molecular weight is 169 g/mol. The highest BCUT2D eigenvalue weighted by Gasteiger charge is 1.97. The van der Waals surface area contributed by atoms with Crippen molar-refractivity contribution in [3.63, 3.8) is 0 Å². The molecule has 0 spiro atoms. The van der Waals surface area contributed by atoms with Crippen LogP contribution in [-0.2, 0) is 9.59 Å². The van der Waals surface area contributed by atoms with Gasteiger partial charge in [0.1, 0.15) is 5.78 Å². The minimum Gasteiger partial charge on any atom is -0.353 e. The molecule has 0 fully saturated rings. The van der Waals surface area contributed by atoms with Crippen LogP contribution in [0.3, 0.4) is 0 Å². The molecule has 3 nitrogen and oxygen atoms in total. The minimum absolute atomic E-state index is 0.182. The van der Waals surface area contributed by atoms with E-state index in [-0.39, 0.29) is 11.7 Å². The van der Waals surface area contributed by atoms with Gasteiger partial charge in [0.05, 0.1) is 0 Å². The first-order valence-corrected chi connectivity index (χ1v) is 4.12. The predicted molar refractivity (Wildman–Crippen MR) is 47.7 cm³/mol. The van der Waals surface area contributed by atoms with Crippen molar-refractivity contribution < 1.29 is 9.59 Å². The van der Waals surface area contributed by atoms with Gasteiger partial charge in [-0.2, -0.15) is 0 Å². The molecular weight excluding hydrogens is 154 g/mol. The number of carbonyl (C=O) groups excluding carboxylic acids is 2. The lowest BCUT2D eigenvalue weighted by Crippen LogP contribution is -2.22. The number of carbonyl (C=O) groups is 2. The van der Waals surface area contributed by atoms with E-state index in [1.165, 1.54) is 6.08 Å². The third-order valence-electron chi connectivity index (χ3n) is 1.51. The number of hydrogen-bond acceptors (Lipinski definition) is 2. The van der Waals surface area contributed by atoms with E-state index in [9.17, 15) is 9.59 Å². The van der Waals surface area contributed by atoms with Gasteiger partial charge < -0.3 is 5.32 Å². The Morgan fingerprint density at radius 3 is 2.67 bits per heavy atom. The summed E-state index contributed by atoms with van der Waals surface area (Å²) in [5, 5.41) is 2.60. The van der Waals surface area contributed by atoms with E-state index in [1.54, 1.807) is 0 Å². The molecule has 0 aromatic heterocycles. The minimum atomic E-state index is -0.182. The second kappa shape index (κ2) is 6.58. The van der Waals surface area contributed by atoms with Gasteiger partial charge in [0.2, 0.25) is 5.91 Å². The third kappa shape index (κ3) is 5.65. The van der Waals surface area contributed by atoms with Crippen LogP contribution in [0, 0.1) is 0 Å². The third-order valence-corrected chi connectivity index (χ3v) is 1.51. The molecule has 0 saturated carbocycles. The molecule has 3 heteroatoms. The standard InChI is InChI=1S/C9H15NO2/c1-3-8(11)6-5-7-10-9(12)4-2/h4H,2-3,5-7H2,1H3,(H,10,12). The normalized spacial score (nSPS) is 9.08. The molecule has 0 aliphatic rings. The Bertz CT molecular complexity index is 175. The zero-order chi connectivity index (χ0) is 9.40. The van der Waals surface area contributed by atoms with Crippen molar-refractivity contribution in [2.45, 2.75) is 26.2 Å². The number of nitrogens with one attached hydrogen (secondary N) is 1. The van der Waals surface area contributed by atoms with Gasteiger partial charge in [0, 0.05) is 19.4 Å². The molecule has 0 atom stereocenters. The van der Waals surface area contributed by atoms with Crippen LogP contribution in [0.4, 0.5) is 0 Å². The summed E-state index contributed by atoms with van der Waals surface area (Å²) in [7, 11) is 0. The Labute approximate surface area is 72.8 Å². The molecule has 0 unspecified atom stereocenters. The molecule has 0 aromatic rings. The van der Waals surface area contributed by atoms with Crippen molar-refractivity contribution in [1.82, 2.24) is 5.32 Å². The van der Waals surface area contributed by atoms with E-state index >= 15 is 0 Å². The van der Waals surface area contributed by atoms with Crippen molar-refractivity contribution in [3.05, 3.63) is 12.7 Å². The van der Waals surface area contributed by atoms with Crippen molar-refractivity contribution in [2.24, 2.45) is 0 Å². The second-order valence-electron chi connectivity index (χ2n) is 2.49. The Hall–Kier alpha value is -1.12. The predicted octanol–water partition coefficient (Wildman–Crippen LogP) is 1.05. The van der Waals surface area contributed by atoms with Gasteiger partial charge in [0.25, 0.3) is 0 Å². The maximum Gasteiger partial charge on any atom is 0.243 e. The molecule has 1 N–H and O–H groups in total. The lowest BCUT2D eigenvalue weighted by Gasteiger charge is -1.99. The lowest BCUT2D eigenvalue weighted by atomic mass is 10.2. The van der Waals surface area contributed by atoms with Gasteiger partial charge in [-0.15, -0.1) is 0 Å². The SMILES string of the molecule is C=CC(=O)NCCCC(=O)CC. The van der Waals surface area contributed by atoms with Crippen LogP contribution in [0.1, 0.15) is 26.2 Å². The topological polar surface area (TPSA) is 46.2 Å². The van der Waals surface area contributed by atoms with E-state index in [2.05, 4.69) is 11.9 Å². The van der Waals surface area contributed by atoms with Crippen LogP contribution in [0.2, 0.25) is 0 Å². The molecule has 0 radical (unpaired) electrons. The zero-order valence-corrected chi connectivity index (χ0v) is 7.43. The van der Waals surface area contributed by atoms with E-state index in [4.69, 9.17) is 0 Å². The fourth-order valence-corrected chi connectivity index (χ4v) is 0.746. The molecule has 0 heterocycles. The highest BCUT2D eigenvalue weighted by Crippen LogP contribution is 1.92. The summed E-state index contributed by atoms with van der Waals surface area (Å²) in [5.74, 6) is 0.0572. The second-order valence-corrected chi connectivity index (χ2v) is 2.49. The summed E-state index contributed by atoms with van der Waals surface area (Å²) in [6, 6.07) is 0. The highest BCUT2D eigenvalue weighted by molar-refractivity contribution is 5.86. The number of Topliss-reactive ketones (excluding diaryl/α,β-unsaturated/α-hetero) is 1. The molecule has 12 heavy (non-hydrogen) atoms. The number of hydrogen-bond donors (Lipinski definition) is 1. The number of ketones is 1.